The highest BCUT2D eigenvalue weighted by molar-refractivity contribution is 5.85. The number of unbranched alkanes of at least 4 members (excludes halogenated alkanes) is 2. The van der Waals surface area contributed by atoms with Crippen molar-refractivity contribution in [3.8, 4) is 0 Å². The molecular formula is C16H28O. The zero-order valence-electron chi connectivity index (χ0n) is 11.4. The van der Waals surface area contributed by atoms with Crippen LogP contribution >= 0.6 is 0 Å². The molecule has 1 heteroatoms. The lowest BCUT2D eigenvalue weighted by atomic mass is 9.78. The highest BCUT2D eigenvalue weighted by atomic mass is 16.1. The van der Waals surface area contributed by atoms with Crippen molar-refractivity contribution >= 4 is 5.78 Å². The largest absolute Gasteiger partial charge is 0.299 e. The van der Waals surface area contributed by atoms with Crippen LogP contribution < -0.4 is 0 Å². The van der Waals surface area contributed by atoms with Crippen molar-refractivity contribution in [2.45, 2.75) is 77.6 Å². The van der Waals surface area contributed by atoms with E-state index in [2.05, 4.69) is 6.92 Å². The lowest BCUT2D eigenvalue weighted by Gasteiger charge is -2.26. The van der Waals surface area contributed by atoms with E-state index in [1.165, 1.54) is 70.6 Å². The van der Waals surface area contributed by atoms with E-state index in [9.17, 15) is 4.79 Å². The molecule has 0 aromatic heterocycles. The van der Waals surface area contributed by atoms with Gasteiger partial charge in [0.1, 0.15) is 5.78 Å². The van der Waals surface area contributed by atoms with Crippen molar-refractivity contribution in [2.24, 2.45) is 17.8 Å². The third-order valence-electron chi connectivity index (χ3n) is 4.97. The minimum Gasteiger partial charge on any atom is -0.299 e. The Balaban J connectivity index is 1.79. The Hall–Kier alpha value is -0.330. The summed E-state index contributed by atoms with van der Waals surface area (Å²) in [6.07, 6.45) is 14.2. The number of hydrogen-bond donors (Lipinski definition) is 0. The van der Waals surface area contributed by atoms with E-state index in [0.717, 1.165) is 5.92 Å². The van der Waals surface area contributed by atoms with Gasteiger partial charge in [0.25, 0.3) is 0 Å². The van der Waals surface area contributed by atoms with Crippen molar-refractivity contribution in [3.05, 3.63) is 0 Å². The third kappa shape index (κ3) is 3.33. The fraction of sp³-hybridized carbons (Fsp3) is 0.938. The van der Waals surface area contributed by atoms with E-state index >= 15 is 0 Å². The quantitative estimate of drug-likeness (QED) is 0.630. The zero-order chi connectivity index (χ0) is 12.1. The highest BCUT2D eigenvalue weighted by Crippen LogP contribution is 2.40. The topological polar surface area (TPSA) is 17.1 Å². The minimum absolute atomic E-state index is 0.438. The van der Waals surface area contributed by atoms with Gasteiger partial charge in [-0.3, -0.25) is 4.79 Å². The average molecular weight is 236 g/mol. The van der Waals surface area contributed by atoms with Gasteiger partial charge in [0, 0.05) is 11.8 Å². The zero-order valence-corrected chi connectivity index (χ0v) is 11.4. The summed E-state index contributed by atoms with van der Waals surface area (Å²) in [6.45, 7) is 2.24. The molecule has 0 saturated heterocycles. The van der Waals surface area contributed by atoms with Gasteiger partial charge >= 0.3 is 0 Å². The molecule has 2 atom stereocenters. The van der Waals surface area contributed by atoms with Crippen LogP contribution in [0.15, 0.2) is 0 Å². The van der Waals surface area contributed by atoms with Gasteiger partial charge in [0.2, 0.25) is 0 Å². The van der Waals surface area contributed by atoms with Crippen molar-refractivity contribution in [1.29, 1.82) is 0 Å². The number of hydrogen-bond acceptors (Lipinski definition) is 1. The normalized spacial score (nSPS) is 31.0. The second-order valence-electron chi connectivity index (χ2n) is 6.18. The maximum atomic E-state index is 12.4. The molecule has 2 fully saturated rings. The van der Waals surface area contributed by atoms with Gasteiger partial charge in [-0.2, -0.15) is 0 Å². The third-order valence-corrected chi connectivity index (χ3v) is 4.97. The summed E-state index contributed by atoms with van der Waals surface area (Å²) in [4.78, 5) is 12.4. The molecule has 0 spiro atoms. The monoisotopic (exact) mass is 236 g/mol. The predicted molar refractivity (Wildman–Crippen MR) is 71.9 cm³/mol. The Labute approximate surface area is 106 Å². The SMILES string of the molecule is CCCCCC1CCC(C2CCCCC2)C1=O. The first kappa shape index (κ1) is 13.1. The van der Waals surface area contributed by atoms with E-state index in [-0.39, 0.29) is 0 Å². The Morgan fingerprint density at radius 2 is 1.76 bits per heavy atom. The molecular weight excluding hydrogens is 208 g/mol. The van der Waals surface area contributed by atoms with Crippen molar-refractivity contribution in [2.75, 3.05) is 0 Å². The van der Waals surface area contributed by atoms with Crippen LogP contribution in [0.1, 0.15) is 77.6 Å². The maximum absolute atomic E-state index is 12.4. The number of ketones is 1. The van der Waals surface area contributed by atoms with E-state index in [1.54, 1.807) is 0 Å². The number of rotatable bonds is 5. The molecule has 0 aliphatic heterocycles. The van der Waals surface area contributed by atoms with Crippen LogP contribution in [0.3, 0.4) is 0 Å². The van der Waals surface area contributed by atoms with E-state index in [1.807, 2.05) is 0 Å². The van der Waals surface area contributed by atoms with Gasteiger partial charge in [0.15, 0.2) is 0 Å². The predicted octanol–water partition coefficient (Wildman–Crippen LogP) is 4.74. The molecule has 0 aromatic carbocycles. The molecule has 0 N–H and O–H groups in total. The summed E-state index contributed by atoms with van der Waals surface area (Å²) in [5, 5.41) is 0. The Bertz CT molecular complexity index is 240. The molecule has 98 valence electrons. The summed E-state index contributed by atoms with van der Waals surface area (Å²) in [6, 6.07) is 0. The molecule has 0 amide bonds. The first-order valence-corrected chi connectivity index (χ1v) is 7.86. The summed E-state index contributed by atoms with van der Waals surface area (Å²) in [5.74, 6) is 2.30. The summed E-state index contributed by atoms with van der Waals surface area (Å²) in [5.41, 5.74) is 0. The first-order valence-electron chi connectivity index (χ1n) is 7.86. The second-order valence-corrected chi connectivity index (χ2v) is 6.18. The molecule has 17 heavy (non-hydrogen) atoms. The van der Waals surface area contributed by atoms with E-state index < -0.39 is 0 Å². The van der Waals surface area contributed by atoms with Crippen LogP contribution in [0.2, 0.25) is 0 Å². The highest BCUT2D eigenvalue weighted by Gasteiger charge is 2.38. The average Bonchev–Trinajstić information content (AvgIpc) is 2.73. The molecule has 0 radical (unpaired) electrons. The van der Waals surface area contributed by atoms with Gasteiger partial charge in [-0.25, -0.2) is 0 Å². The number of Topliss-reactive ketones (excluding diaryl/α,β-unsaturated/α-hetero) is 1. The molecule has 2 aliphatic rings. The standard InChI is InChI=1S/C16H28O/c1-2-3-5-10-14-11-12-15(16(14)17)13-8-6-4-7-9-13/h13-15H,2-12H2,1H3. The van der Waals surface area contributed by atoms with Gasteiger partial charge in [0.05, 0.1) is 0 Å². The lowest BCUT2D eigenvalue weighted by Crippen LogP contribution is -2.24. The lowest BCUT2D eigenvalue weighted by molar-refractivity contribution is -0.125. The summed E-state index contributed by atoms with van der Waals surface area (Å²) in [7, 11) is 0. The van der Waals surface area contributed by atoms with E-state index in [4.69, 9.17) is 0 Å². The van der Waals surface area contributed by atoms with Crippen LogP contribution in [-0.4, -0.2) is 5.78 Å². The molecule has 0 aromatic rings. The van der Waals surface area contributed by atoms with Crippen LogP contribution in [0.5, 0.6) is 0 Å². The van der Waals surface area contributed by atoms with Crippen molar-refractivity contribution in [3.63, 3.8) is 0 Å². The maximum Gasteiger partial charge on any atom is 0.139 e. The Kier molecular flexibility index (Phi) is 5.06. The van der Waals surface area contributed by atoms with Crippen LogP contribution in [0.4, 0.5) is 0 Å². The van der Waals surface area contributed by atoms with Crippen molar-refractivity contribution in [1.82, 2.24) is 0 Å². The summed E-state index contributed by atoms with van der Waals surface area (Å²) >= 11 is 0. The van der Waals surface area contributed by atoms with Crippen molar-refractivity contribution < 1.29 is 4.79 Å². The van der Waals surface area contributed by atoms with E-state index in [0.29, 0.717) is 17.6 Å². The van der Waals surface area contributed by atoms with Gasteiger partial charge < -0.3 is 0 Å². The van der Waals surface area contributed by atoms with Crippen LogP contribution in [0.25, 0.3) is 0 Å². The molecule has 2 unspecified atom stereocenters. The Morgan fingerprint density at radius 3 is 2.47 bits per heavy atom. The van der Waals surface area contributed by atoms with Crippen LogP contribution in [-0.2, 0) is 4.79 Å². The molecule has 2 aliphatic carbocycles. The van der Waals surface area contributed by atoms with Crippen LogP contribution in [0, 0.1) is 17.8 Å². The molecule has 2 saturated carbocycles. The fourth-order valence-electron chi connectivity index (χ4n) is 3.90. The smallest absolute Gasteiger partial charge is 0.139 e. The summed E-state index contributed by atoms with van der Waals surface area (Å²) < 4.78 is 0. The number of carbonyl (C=O) groups is 1. The molecule has 0 bridgehead atoms. The molecule has 2 rings (SSSR count). The molecule has 0 heterocycles. The van der Waals surface area contributed by atoms with Gasteiger partial charge in [-0.15, -0.1) is 0 Å². The molecule has 1 nitrogen and oxygen atoms in total. The number of carbonyl (C=O) groups excluding carboxylic acids is 1. The first-order chi connectivity index (χ1) is 8.33. The van der Waals surface area contributed by atoms with Gasteiger partial charge in [-0.1, -0.05) is 45.4 Å². The van der Waals surface area contributed by atoms with Gasteiger partial charge in [-0.05, 0) is 38.0 Å². The Morgan fingerprint density at radius 1 is 1.00 bits per heavy atom. The second kappa shape index (κ2) is 6.56. The minimum atomic E-state index is 0.438. The fourth-order valence-corrected chi connectivity index (χ4v) is 3.90.